The minimum atomic E-state index is -5.01. The number of para-hydroxylation sites is 1. The number of alkyl halides is 6. The van der Waals surface area contributed by atoms with Crippen molar-refractivity contribution in [3.63, 3.8) is 0 Å². The molecular weight excluding hydrogens is 488 g/mol. The molecule has 0 aromatic heterocycles. The monoisotopic (exact) mass is 515 g/mol. The van der Waals surface area contributed by atoms with Crippen molar-refractivity contribution in [3.05, 3.63) is 64.7 Å². The molecule has 0 bridgehead atoms. The second-order valence-electron chi connectivity index (χ2n) is 9.68. The van der Waals surface area contributed by atoms with Crippen molar-refractivity contribution in [2.45, 2.75) is 50.1 Å². The van der Waals surface area contributed by atoms with E-state index in [0.717, 1.165) is 0 Å². The third-order valence-corrected chi connectivity index (χ3v) is 7.56. The number of nitrogens with zero attached hydrogens (tertiary/aromatic N) is 1. The number of benzene rings is 2. The summed E-state index contributed by atoms with van der Waals surface area (Å²) < 4.78 is 86.1. The van der Waals surface area contributed by atoms with E-state index in [1.54, 1.807) is 36.1 Å². The molecule has 36 heavy (non-hydrogen) atoms. The molecule has 2 aliphatic rings. The second kappa shape index (κ2) is 9.28. The lowest BCUT2D eigenvalue weighted by Crippen LogP contribution is -2.43. The maximum absolute atomic E-state index is 13.5. The molecule has 1 N–H and O–H groups in total. The van der Waals surface area contributed by atoms with Crippen molar-refractivity contribution in [1.82, 2.24) is 4.90 Å². The summed E-state index contributed by atoms with van der Waals surface area (Å²) in [5, 5.41) is 11.6. The first kappa shape index (κ1) is 26.3. The van der Waals surface area contributed by atoms with E-state index in [2.05, 4.69) is 0 Å². The number of ether oxygens (including phenoxy) is 1. The van der Waals surface area contributed by atoms with Crippen molar-refractivity contribution in [3.8, 4) is 5.75 Å². The first-order chi connectivity index (χ1) is 16.8. The van der Waals surface area contributed by atoms with Gasteiger partial charge < -0.3 is 14.7 Å². The van der Waals surface area contributed by atoms with Crippen molar-refractivity contribution in [2.24, 2.45) is 11.8 Å². The lowest BCUT2D eigenvalue weighted by molar-refractivity contribution is -0.143. The SMILES string of the molecule is COc1ccccc1[C@H](C)C(=O)N1C[C@@H]2CCC[C@@](O)(c3cc(C(F)(F)F)cc(C(F)(F)F)c3)[C@@H]2C1. The van der Waals surface area contributed by atoms with Gasteiger partial charge >= 0.3 is 12.4 Å². The number of methoxy groups -OCH3 is 1. The topological polar surface area (TPSA) is 49.8 Å². The standard InChI is InChI=1S/C26H27F6NO3/c1-15(20-7-3-4-8-22(20)36-2)23(34)33-13-16-6-5-9-24(35,21(16)14-33)17-10-18(25(27,28)29)12-19(11-17)26(30,31)32/h3-4,7-8,10-12,15-16,21,35H,5-6,9,13-14H2,1-2H3/t15-,16-,21+,24+/m0/s1. The first-order valence-corrected chi connectivity index (χ1v) is 11.7. The average molecular weight is 515 g/mol. The molecule has 1 heterocycles. The van der Waals surface area contributed by atoms with Crippen LogP contribution in [0.3, 0.4) is 0 Å². The minimum absolute atomic E-state index is 0.0108. The molecule has 10 heteroatoms. The van der Waals surface area contributed by atoms with Gasteiger partial charge in [0, 0.05) is 24.6 Å². The molecule has 4 nitrogen and oxygen atoms in total. The van der Waals surface area contributed by atoms with Crippen LogP contribution in [0.2, 0.25) is 0 Å². The minimum Gasteiger partial charge on any atom is -0.496 e. The van der Waals surface area contributed by atoms with Gasteiger partial charge in [0.15, 0.2) is 0 Å². The zero-order valence-corrected chi connectivity index (χ0v) is 19.8. The van der Waals surface area contributed by atoms with Gasteiger partial charge in [0.25, 0.3) is 0 Å². The number of halogens is 6. The van der Waals surface area contributed by atoms with Crippen molar-refractivity contribution in [2.75, 3.05) is 20.2 Å². The molecule has 1 amide bonds. The molecule has 0 unspecified atom stereocenters. The highest BCUT2D eigenvalue weighted by atomic mass is 19.4. The molecule has 0 radical (unpaired) electrons. The summed E-state index contributed by atoms with van der Waals surface area (Å²) in [7, 11) is 1.49. The fourth-order valence-corrected chi connectivity index (χ4v) is 5.70. The number of hydrogen-bond acceptors (Lipinski definition) is 3. The molecule has 1 saturated heterocycles. The molecule has 1 aliphatic heterocycles. The summed E-state index contributed by atoms with van der Waals surface area (Å²) in [5.41, 5.74) is -4.58. The molecule has 1 aliphatic carbocycles. The summed E-state index contributed by atoms with van der Waals surface area (Å²) in [6.07, 6.45) is -8.98. The third-order valence-electron chi connectivity index (χ3n) is 7.56. The molecule has 2 fully saturated rings. The molecule has 1 saturated carbocycles. The predicted molar refractivity (Wildman–Crippen MR) is 119 cm³/mol. The lowest BCUT2D eigenvalue weighted by atomic mass is 9.67. The van der Waals surface area contributed by atoms with Crippen LogP contribution in [0, 0.1) is 11.8 Å². The van der Waals surface area contributed by atoms with E-state index >= 15 is 0 Å². The van der Waals surface area contributed by atoms with Crippen molar-refractivity contribution < 1.29 is 41.0 Å². The molecule has 2 aromatic carbocycles. The Morgan fingerprint density at radius 3 is 2.25 bits per heavy atom. The highest BCUT2D eigenvalue weighted by molar-refractivity contribution is 5.84. The summed E-state index contributed by atoms with van der Waals surface area (Å²) in [5.74, 6) is -1.22. The Morgan fingerprint density at radius 2 is 1.67 bits per heavy atom. The Bertz CT molecular complexity index is 1100. The van der Waals surface area contributed by atoms with E-state index in [1.165, 1.54) is 7.11 Å². The van der Waals surface area contributed by atoms with Crippen LogP contribution in [0.4, 0.5) is 26.3 Å². The summed E-state index contributed by atoms with van der Waals surface area (Å²) in [6.45, 7) is 2.03. The number of carbonyl (C=O) groups is 1. The first-order valence-electron chi connectivity index (χ1n) is 11.7. The Hall–Kier alpha value is -2.75. The zero-order valence-electron chi connectivity index (χ0n) is 19.8. The van der Waals surface area contributed by atoms with Gasteiger partial charge in [-0.15, -0.1) is 0 Å². The summed E-state index contributed by atoms with van der Waals surface area (Å²) >= 11 is 0. The Labute approximate surface area is 204 Å². The van der Waals surface area contributed by atoms with Gasteiger partial charge in [-0.2, -0.15) is 26.3 Å². The smallest absolute Gasteiger partial charge is 0.416 e. The van der Waals surface area contributed by atoms with Crippen LogP contribution in [-0.2, 0) is 22.7 Å². The second-order valence-corrected chi connectivity index (χ2v) is 9.68. The van der Waals surface area contributed by atoms with Crippen LogP contribution in [0.25, 0.3) is 0 Å². The molecule has 196 valence electrons. The highest BCUT2D eigenvalue weighted by Crippen LogP contribution is 2.50. The van der Waals surface area contributed by atoms with Crippen LogP contribution < -0.4 is 4.74 Å². The van der Waals surface area contributed by atoms with Gasteiger partial charge in [0.05, 0.1) is 29.8 Å². The number of rotatable bonds is 4. The van der Waals surface area contributed by atoms with Crippen LogP contribution in [0.15, 0.2) is 42.5 Å². The maximum atomic E-state index is 13.5. The fraction of sp³-hybridized carbons (Fsp3) is 0.500. The molecule has 2 aromatic rings. The van der Waals surface area contributed by atoms with E-state index < -0.39 is 46.5 Å². The van der Waals surface area contributed by atoms with Gasteiger partial charge in [-0.25, -0.2) is 0 Å². The van der Waals surface area contributed by atoms with Gasteiger partial charge in [0.2, 0.25) is 5.91 Å². The van der Waals surface area contributed by atoms with E-state index in [0.29, 0.717) is 36.3 Å². The van der Waals surface area contributed by atoms with Gasteiger partial charge in [-0.05, 0) is 61.9 Å². The summed E-state index contributed by atoms with van der Waals surface area (Å²) in [4.78, 5) is 14.9. The Balaban J connectivity index is 1.67. The van der Waals surface area contributed by atoms with E-state index in [1.807, 2.05) is 0 Å². The zero-order chi connectivity index (χ0) is 26.5. The number of amides is 1. The third kappa shape index (κ3) is 4.79. The fourth-order valence-electron chi connectivity index (χ4n) is 5.70. The van der Waals surface area contributed by atoms with Gasteiger partial charge in [-0.3, -0.25) is 4.79 Å². The van der Waals surface area contributed by atoms with E-state index in [4.69, 9.17) is 4.74 Å². The number of hydrogen-bond donors (Lipinski definition) is 1. The van der Waals surface area contributed by atoms with Crippen LogP contribution in [0.1, 0.15) is 54.4 Å². The largest absolute Gasteiger partial charge is 0.496 e. The van der Waals surface area contributed by atoms with Crippen LogP contribution >= 0.6 is 0 Å². The highest BCUT2D eigenvalue weighted by Gasteiger charge is 2.52. The average Bonchev–Trinajstić information content (AvgIpc) is 3.27. The Morgan fingerprint density at radius 1 is 1.06 bits per heavy atom. The number of carbonyl (C=O) groups excluding carboxylic acids is 1. The van der Waals surface area contributed by atoms with Crippen molar-refractivity contribution in [1.29, 1.82) is 0 Å². The number of fused-ring (bicyclic) bond motifs is 1. The van der Waals surface area contributed by atoms with Crippen LogP contribution in [-0.4, -0.2) is 36.1 Å². The molecule has 4 atom stereocenters. The Kier molecular flexibility index (Phi) is 6.79. The quantitative estimate of drug-likeness (QED) is 0.510. The van der Waals surface area contributed by atoms with Crippen LogP contribution in [0.5, 0.6) is 5.75 Å². The van der Waals surface area contributed by atoms with Crippen molar-refractivity contribution >= 4 is 5.91 Å². The molecule has 0 spiro atoms. The molecular formula is C26H27F6NO3. The predicted octanol–water partition coefficient (Wildman–Crippen LogP) is 5.98. The maximum Gasteiger partial charge on any atom is 0.416 e. The van der Waals surface area contributed by atoms with E-state index in [-0.39, 0.29) is 37.4 Å². The lowest BCUT2D eigenvalue weighted by Gasteiger charge is -2.42. The number of likely N-dealkylation sites (tertiary alicyclic amines) is 1. The normalized spacial score (nSPS) is 25.4. The van der Waals surface area contributed by atoms with E-state index in [9.17, 15) is 36.2 Å². The summed E-state index contributed by atoms with van der Waals surface area (Å²) in [6, 6.07) is 8.33. The number of aliphatic hydroxyl groups is 1. The van der Waals surface area contributed by atoms with Gasteiger partial charge in [-0.1, -0.05) is 18.2 Å². The molecule has 4 rings (SSSR count). The van der Waals surface area contributed by atoms with Gasteiger partial charge in [0.1, 0.15) is 5.75 Å².